The standard InChI is InChI=1S/C18H17N3O5/c22-17(13-3-2-6-16(12-13)21(24)25)19-15-5-1-4-14(11-15)18(23)20-7-9-26-10-8-20/h1-6,11-12H,7-10H2,(H,19,22). The number of anilines is 1. The fraction of sp³-hybridized carbons (Fsp3) is 0.222. The van der Waals surface area contributed by atoms with Crippen LogP contribution in [-0.2, 0) is 4.74 Å². The summed E-state index contributed by atoms with van der Waals surface area (Å²) in [5.74, 6) is -0.607. The summed E-state index contributed by atoms with van der Waals surface area (Å²) in [5, 5.41) is 13.5. The highest BCUT2D eigenvalue weighted by Crippen LogP contribution is 2.17. The van der Waals surface area contributed by atoms with Gasteiger partial charge in [0.15, 0.2) is 0 Å². The topological polar surface area (TPSA) is 102 Å². The zero-order valence-corrected chi connectivity index (χ0v) is 13.9. The first-order valence-corrected chi connectivity index (χ1v) is 8.07. The van der Waals surface area contributed by atoms with Gasteiger partial charge in [-0.25, -0.2) is 0 Å². The molecule has 2 aromatic carbocycles. The molecule has 0 aromatic heterocycles. The number of morpholine rings is 1. The van der Waals surface area contributed by atoms with Gasteiger partial charge in [0.2, 0.25) is 0 Å². The molecule has 0 bridgehead atoms. The van der Waals surface area contributed by atoms with Crippen molar-refractivity contribution < 1.29 is 19.2 Å². The molecule has 8 heteroatoms. The number of amides is 2. The first-order valence-electron chi connectivity index (χ1n) is 8.07. The van der Waals surface area contributed by atoms with Gasteiger partial charge in [0, 0.05) is 42.0 Å². The molecule has 26 heavy (non-hydrogen) atoms. The van der Waals surface area contributed by atoms with Gasteiger partial charge in [0.05, 0.1) is 18.1 Å². The number of carbonyl (C=O) groups is 2. The molecule has 1 aliphatic heterocycles. The maximum atomic E-state index is 12.5. The largest absolute Gasteiger partial charge is 0.378 e. The van der Waals surface area contributed by atoms with Crippen LogP contribution in [0.3, 0.4) is 0 Å². The van der Waals surface area contributed by atoms with E-state index in [1.165, 1.54) is 24.3 Å². The fourth-order valence-electron chi connectivity index (χ4n) is 2.64. The third-order valence-corrected chi connectivity index (χ3v) is 3.98. The molecule has 1 heterocycles. The molecule has 2 aromatic rings. The van der Waals surface area contributed by atoms with Crippen molar-refractivity contribution in [1.29, 1.82) is 0 Å². The maximum Gasteiger partial charge on any atom is 0.270 e. The van der Waals surface area contributed by atoms with Crippen molar-refractivity contribution >= 4 is 23.2 Å². The van der Waals surface area contributed by atoms with Gasteiger partial charge in [-0.1, -0.05) is 12.1 Å². The molecule has 8 nitrogen and oxygen atoms in total. The van der Waals surface area contributed by atoms with Crippen molar-refractivity contribution in [1.82, 2.24) is 4.90 Å². The second kappa shape index (κ2) is 7.75. The lowest BCUT2D eigenvalue weighted by Crippen LogP contribution is -2.40. The molecular weight excluding hydrogens is 338 g/mol. The smallest absolute Gasteiger partial charge is 0.270 e. The highest BCUT2D eigenvalue weighted by Gasteiger charge is 2.19. The molecule has 0 unspecified atom stereocenters. The van der Waals surface area contributed by atoms with E-state index in [-0.39, 0.29) is 17.2 Å². The van der Waals surface area contributed by atoms with Gasteiger partial charge in [-0.05, 0) is 24.3 Å². The van der Waals surface area contributed by atoms with Gasteiger partial charge in [-0.3, -0.25) is 19.7 Å². The van der Waals surface area contributed by atoms with Crippen LogP contribution in [0.25, 0.3) is 0 Å². The Balaban J connectivity index is 1.74. The van der Waals surface area contributed by atoms with Crippen molar-refractivity contribution in [2.45, 2.75) is 0 Å². The Morgan fingerprint density at radius 3 is 2.46 bits per heavy atom. The van der Waals surface area contributed by atoms with E-state index in [1.807, 2.05) is 0 Å². The third-order valence-electron chi connectivity index (χ3n) is 3.98. The molecule has 0 atom stereocenters. The summed E-state index contributed by atoms with van der Waals surface area (Å²) in [6.07, 6.45) is 0. The molecule has 3 rings (SSSR count). The normalized spacial score (nSPS) is 13.9. The summed E-state index contributed by atoms with van der Waals surface area (Å²) in [7, 11) is 0. The Kier molecular flexibility index (Phi) is 5.23. The Bertz CT molecular complexity index is 846. The molecule has 2 amide bonds. The first kappa shape index (κ1) is 17.6. The molecule has 0 radical (unpaired) electrons. The lowest BCUT2D eigenvalue weighted by molar-refractivity contribution is -0.384. The lowest BCUT2D eigenvalue weighted by Gasteiger charge is -2.27. The summed E-state index contributed by atoms with van der Waals surface area (Å²) < 4.78 is 5.24. The van der Waals surface area contributed by atoms with Crippen LogP contribution in [0.1, 0.15) is 20.7 Å². The van der Waals surface area contributed by atoms with E-state index in [1.54, 1.807) is 29.2 Å². The summed E-state index contributed by atoms with van der Waals surface area (Å²) in [4.78, 5) is 36.8. The number of nitro groups is 1. The minimum absolute atomic E-state index is 0.125. The van der Waals surface area contributed by atoms with Crippen LogP contribution < -0.4 is 5.32 Å². The highest BCUT2D eigenvalue weighted by atomic mass is 16.6. The van der Waals surface area contributed by atoms with Crippen LogP contribution in [0.5, 0.6) is 0 Å². The Hall–Kier alpha value is -3.26. The van der Waals surface area contributed by atoms with E-state index in [0.29, 0.717) is 37.6 Å². The van der Waals surface area contributed by atoms with E-state index in [2.05, 4.69) is 5.32 Å². The van der Waals surface area contributed by atoms with Crippen LogP contribution >= 0.6 is 0 Å². The summed E-state index contributed by atoms with van der Waals surface area (Å²) >= 11 is 0. The fourth-order valence-corrected chi connectivity index (χ4v) is 2.64. The SMILES string of the molecule is O=C(Nc1cccc(C(=O)N2CCOCC2)c1)c1cccc([N+](=O)[O-])c1. The zero-order valence-electron chi connectivity index (χ0n) is 13.9. The number of non-ortho nitro benzene ring substituents is 1. The second-order valence-electron chi connectivity index (χ2n) is 5.75. The number of hydrogen-bond acceptors (Lipinski definition) is 5. The van der Waals surface area contributed by atoms with Crippen LogP contribution in [0.4, 0.5) is 11.4 Å². The number of benzene rings is 2. The number of carbonyl (C=O) groups excluding carboxylic acids is 2. The predicted octanol–water partition coefficient (Wildman–Crippen LogP) is 2.32. The van der Waals surface area contributed by atoms with E-state index in [4.69, 9.17) is 4.74 Å². The molecule has 1 saturated heterocycles. The minimum atomic E-state index is -0.557. The highest BCUT2D eigenvalue weighted by molar-refractivity contribution is 6.05. The van der Waals surface area contributed by atoms with Gasteiger partial charge in [-0.2, -0.15) is 0 Å². The average molecular weight is 355 g/mol. The zero-order chi connectivity index (χ0) is 18.5. The van der Waals surface area contributed by atoms with Crippen molar-refractivity contribution in [3.05, 3.63) is 69.8 Å². The average Bonchev–Trinajstić information content (AvgIpc) is 2.68. The maximum absolute atomic E-state index is 12.5. The number of nitrogens with one attached hydrogen (secondary N) is 1. The third kappa shape index (κ3) is 4.04. The minimum Gasteiger partial charge on any atom is -0.378 e. The monoisotopic (exact) mass is 355 g/mol. The van der Waals surface area contributed by atoms with Crippen LogP contribution in [0, 0.1) is 10.1 Å². The van der Waals surface area contributed by atoms with Gasteiger partial charge >= 0.3 is 0 Å². The van der Waals surface area contributed by atoms with Gasteiger partial charge in [-0.15, -0.1) is 0 Å². The van der Waals surface area contributed by atoms with Crippen LogP contribution in [0.15, 0.2) is 48.5 Å². The molecule has 0 spiro atoms. The van der Waals surface area contributed by atoms with Crippen molar-refractivity contribution in [2.24, 2.45) is 0 Å². The van der Waals surface area contributed by atoms with Crippen molar-refractivity contribution in [2.75, 3.05) is 31.6 Å². The first-order chi connectivity index (χ1) is 12.5. The molecule has 134 valence electrons. The van der Waals surface area contributed by atoms with Crippen LogP contribution in [0.2, 0.25) is 0 Å². The van der Waals surface area contributed by atoms with E-state index < -0.39 is 10.8 Å². The number of nitro benzene ring substituents is 1. The molecule has 1 aliphatic rings. The number of rotatable bonds is 4. The number of nitrogens with zero attached hydrogens (tertiary/aromatic N) is 2. The molecule has 1 fully saturated rings. The van der Waals surface area contributed by atoms with Crippen molar-refractivity contribution in [3.8, 4) is 0 Å². The van der Waals surface area contributed by atoms with Crippen LogP contribution in [-0.4, -0.2) is 47.9 Å². The van der Waals surface area contributed by atoms with E-state index in [9.17, 15) is 19.7 Å². The van der Waals surface area contributed by atoms with E-state index in [0.717, 1.165) is 0 Å². The Morgan fingerprint density at radius 2 is 1.73 bits per heavy atom. The summed E-state index contributed by atoms with van der Waals surface area (Å²) in [6.45, 7) is 2.08. The van der Waals surface area contributed by atoms with Crippen molar-refractivity contribution in [3.63, 3.8) is 0 Å². The van der Waals surface area contributed by atoms with Gasteiger partial charge < -0.3 is 15.0 Å². The summed E-state index contributed by atoms with van der Waals surface area (Å²) in [6, 6.07) is 12.1. The molecule has 1 N–H and O–H groups in total. The summed E-state index contributed by atoms with van der Waals surface area (Å²) in [5.41, 5.74) is 0.919. The lowest BCUT2D eigenvalue weighted by atomic mass is 10.1. The number of hydrogen-bond donors (Lipinski definition) is 1. The molecular formula is C18H17N3O5. The number of ether oxygens (including phenoxy) is 1. The second-order valence-corrected chi connectivity index (χ2v) is 5.75. The molecule has 0 saturated carbocycles. The van der Waals surface area contributed by atoms with Gasteiger partial charge in [0.25, 0.3) is 17.5 Å². The van der Waals surface area contributed by atoms with E-state index >= 15 is 0 Å². The Labute approximate surface area is 149 Å². The predicted molar refractivity (Wildman–Crippen MR) is 94.2 cm³/mol. The van der Waals surface area contributed by atoms with Gasteiger partial charge in [0.1, 0.15) is 0 Å². The quantitative estimate of drug-likeness (QED) is 0.670. The Morgan fingerprint density at radius 1 is 1.04 bits per heavy atom. The molecule has 0 aliphatic carbocycles.